The van der Waals surface area contributed by atoms with Crippen LogP contribution in [0, 0.1) is 0 Å². The molecule has 0 unspecified atom stereocenters. The fourth-order valence-electron chi connectivity index (χ4n) is 2.30. The van der Waals surface area contributed by atoms with Gasteiger partial charge < -0.3 is 4.74 Å². The maximum absolute atomic E-state index is 11.8. The summed E-state index contributed by atoms with van der Waals surface area (Å²) in [7, 11) is 1.71. The zero-order valence-electron chi connectivity index (χ0n) is 14.3. The molecule has 0 aromatic rings. The Morgan fingerprint density at radius 1 is 0.850 bits per heavy atom. The molecule has 0 aliphatic carbocycles. The number of rotatable bonds is 14. The molecule has 20 heavy (non-hydrogen) atoms. The fourth-order valence-corrected chi connectivity index (χ4v) is 2.30. The minimum atomic E-state index is -0.159. The van der Waals surface area contributed by atoms with Crippen molar-refractivity contribution in [1.82, 2.24) is 0 Å². The van der Waals surface area contributed by atoms with Crippen molar-refractivity contribution in [2.24, 2.45) is 0 Å². The van der Waals surface area contributed by atoms with Gasteiger partial charge in [-0.1, -0.05) is 58.3 Å². The van der Waals surface area contributed by atoms with Crippen LogP contribution in [0.5, 0.6) is 0 Å². The van der Waals surface area contributed by atoms with Crippen LogP contribution >= 0.6 is 0 Å². The number of methoxy groups -OCH3 is 1. The van der Waals surface area contributed by atoms with Crippen molar-refractivity contribution in [2.45, 2.75) is 103 Å². The minimum Gasteiger partial charge on any atom is -0.379 e. The van der Waals surface area contributed by atoms with Gasteiger partial charge >= 0.3 is 0 Å². The smallest absolute Gasteiger partial charge is 0.133 e. The van der Waals surface area contributed by atoms with E-state index in [0.717, 1.165) is 19.3 Å². The van der Waals surface area contributed by atoms with Gasteiger partial charge in [-0.2, -0.15) is 0 Å². The van der Waals surface area contributed by atoms with Gasteiger partial charge in [-0.3, -0.25) is 4.79 Å². The summed E-state index contributed by atoms with van der Waals surface area (Å²) in [6.45, 7) is 6.34. The second-order valence-corrected chi connectivity index (χ2v) is 6.58. The largest absolute Gasteiger partial charge is 0.379 e. The van der Waals surface area contributed by atoms with Gasteiger partial charge in [-0.25, -0.2) is 0 Å². The standard InChI is InChI=1S/C18H36O2/c1-5-6-7-8-9-10-11-12-13-14-17(19)15-16-18(2,3)20-4/h5-16H2,1-4H3. The summed E-state index contributed by atoms with van der Waals surface area (Å²) in [6.07, 6.45) is 14.0. The Kier molecular flexibility index (Phi) is 12.1. The lowest BCUT2D eigenvalue weighted by Crippen LogP contribution is -2.23. The lowest BCUT2D eigenvalue weighted by Gasteiger charge is -2.22. The molecule has 0 fully saturated rings. The number of hydrogen-bond donors (Lipinski definition) is 0. The average molecular weight is 284 g/mol. The third-order valence-corrected chi connectivity index (χ3v) is 4.12. The number of carbonyl (C=O) groups excluding carboxylic acids is 1. The van der Waals surface area contributed by atoms with Crippen LogP contribution in [-0.4, -0.2) is 18.5 Å². The first-order valence-corrected chi connectivity index (χ1v) is 8.58. The fraction of sp³-hybridized carbons (Fsp3) is 0.944. The second kappa shape index (κ2) is 12.4. The molecule has 0 heterocycles. The summed E-state index contributed by atoms with van der Waals surface area (Å²) >= 11 is 0. The summed E-state index contributed by atoms with van der Waals surface area (Å²) in [5.41, 5.74) is -0.159. The first-order valence-electron chi connectivity index (χ1n) is 8.58. The molecule has 0 amide bonds. The molecular formula is C18H36O2. The van der Waals surface area contributed by atoms with E-state index in [1.807, 2.05) is 13.8 Å². The molecule has 120 valence electrons. The highest BCUT2D eigenvalue weighted by atomic mass is 16.5. The van der Waals surface area contributed by atoms with E-state index in [9.17, 15) is 4.79 Å². The van der Waals surface area contributed by atoms with Crippen molar-refractivity contribution >= 4 is 5.78 Å². The van der Waals surface area contributed by atoms with Crippen LogP contribution in [0.25, 0.3) is 0 Å². The summed E-state index contributed by atoms with van der Waals surface area (Å²) in [6, 6.07) is 0. The van der Waals surface area contributed by atoms with Gasteiger partial charge in [0.1, 0.15) is 5.78 Å². The van der Waals surface area contributed by atoms with E-state index in [-0.39, 0.29) is 5.60 Å². The Bertz CT molecular complexity index is 234. The number of ketones is 1. The highest BCUT2D eigenvalue weighted by Crippen LogP contribution is 2.17. The molecule has 0 radical (unpaired) electrons. The zero-order chi connectivity index (χ0) is 15.3. The van der Waals surface area contributed by atoms with Crippen LogP contribution in [0.15, 0.2) is 0 Å². The van der Waals surface area contributed by atoms with Crippen molar-refractivity contribution in [2.75, 3.05) is 7.11 Å². The molecule has 0 aromatic carbocycles. The first-order chi connectivity index (χ1) is 9.52. The Labute approximate surface area is 126 Å². The summed E-state index contributed by atoms with van der Waals surface area (Å²) in [5, 5.41) is 0. The van der Waals surface area contributed by atoms with E-state index in [0.29, 0.717) is 12.2 Å². The lowest BCUT2D eigenvalue weighted by atomic mass is 9.98. The van der Waals surface area contributed by atoms with Gasteiger partial charge in [0.25, 0.3) is 0 Å². The number of unbranched alkanes of at least 4 members (excludes halogenated alkanes) is 8. The quantitative estimate of drug-likeness (QED) is 0.383. The van der Waals surface area contributed by atoms with Gasteiger partial charge in [0, 0.05) is 20.0 Å². The third-order valence-electron chi connectivity index (χ3n) is 4.12. The van der Waals surface area contributed by atoms with E-state index >= 15 is 0 Å². The van der Waals surface area contributed by atoms with Gasteiger partial charge in [0.2, 0.25) is 0 Å². The van der Waals surface area contributed by atoms with Crippen LogP contribution in [-0.2, 0) is 9.53 Å². The van der Waals surface area contributed by atoms with Crippen molar-refractivity contribution in [3.8, 4) is 0 Å². The van der Waals surface area contributed by atoms with Gasteiger partial charge in [0.15, 0.2) is 0 Å². The Hall–Kier alpha value is -0.370. The van der Waals surface area contributed by atoms with Crippen molar-refractivity contribution in [1.29, 1.82) is 0 Å². The van der Waals surface area contributed by atoms with Crippen LogP contribution in [0.4, 0.5) is 0 Å². The van der Waals surface area contributed by atoms with Gasteiger partial charge in [0.05, 0.1) is 5.60 Å². The Morgan fingerprint density at radius 2 is 1.35 bits per heavy atom. The average Bonchev–Trinajstić information content (AvgIpc) is 2.43. The summed E-state index contributed by atoms with van der Waals surface area (Å²) in [5.74, 6) is 0.401. The molecule has 0 bridgehead atoms. The van der Waals surface area contributed by atoms with Gasteiger partial charge in [-0.15, -0.1) is 0 Å². The lowest BCUT2D eigenvalue weighted by molar-refractivity contribution is -0.120. The molecule has 0 rings (SSSR count). The van der Waals surface area contributed by atoms with E-state index in [1.54, 1.807) is 7.11 Å². The van der Waals surface area contributed by atoms with E-state index in [1.165, 1.54) is 51.4 Å². The third kappa shape index (κ3) is 12.7. The van der Waals surface area contributed by atoms with Crippen molar-refractivity contribution in [3.63, 3.8) is 0 Å². The molecular weight excluding hydrogens is 248 g/mol. The maximum Gasteiger partial charge on any atom is 0.133 e. The molecule has 0 saturated heterocycles. The Balaban J connectivity index is 3.32. The molecule has 0 N–H and O–H groups in total. The number of carbonyl (C=O) groups is 1. The summed E-state index contributed by atoms with van der Waals surface area (Å²) < 4.78 is 5.33. The number of hydrogen-bond acceptors (Lipinski definition) is 2. The SMILES string of the molecule is CCCCCCCCCCCC(=O)CCC(C)(C)OC. The second-order valence-electron chi connectivity index (χ2n) is 6.58. The molecule has 0 aromatic heterocycles. The highest BCUT2D eigenvalue weighted by molar-refractivity contribution is 5.78. The molecule has 0 spiro atoms. The van der Waals surface area contributed by atoms with E-state index < -0.39 is 0 Å². The molecule has 2 nitrogen and oxygen atoms in total. The number of Topliss-reactive ketones (excluding diaryl/α,β-unsaturated/α-hetero) is 1. The van der Waals surface area contributed by atoms with E-state index in [2.05, 4.69) is 6.92 Å². The van der Waals surface area contributed by atoms with E-state index in [4.69, 9.17) is 4.74 Å². The minimum absolute atomic E-state index is 0.159. The molecule has 0 aliphatic heterocycles. The summed E-state index contributed by atoms with van der Waals surface area (Å²) in [4.78, 5) is 11.8. The van der Waals surface area contributed by atoms with Crippen LogP contribution < -0.4 is 0 Å². The first kappa shape index (κ1) is 19.6. The molecule has 0 atom stereocenters. The zero-order valence-corrected chi connectivity index (χ0v) is 14.3. The molecule has 0 aliphatic rings. The molecule has 2 heteroatoms. The molecule has 0 saturated carbocycles. The topological polar surface area (TPSA) is 26.3 Å². The predicted octanol–water partition coefficient (Wildman–Crippen LogP) is 5.68. The van der Waals surface area contributed by atoms with Crippen LogP contribution in [0.2, 0.25) is 0 Å². The van der Waals surface area contributed by atoms with Crippen molar-refractivity contribution < 1.29 is 9.53 Å². The predicted molar refractivity (Wildman–Crippen MR) is 87.2 cm³/mol. The highest BCUT2D eigenvalue weighted by Gasteiger charge is 2.17. The van der Waals surface area contributed by atoms with Crippen molar-refractivity contribution in [3.05, 3.63) is 0 Å². The Morgan fingerprint density at radius 3 is 1.85 bits per heavy atom. The van der Waals surface area contributed by atoms with Gasteiger partial charge in [-0.05, 0) is 26.7 Å². The normalized spacial score (nSPS) is 11.8. The monoisotopic (exact) mass is 284 g/mol. The number of ether oxygens (including phenoxy) is 1. The maximum atomic E-state index is 11.8. The van der Waals surface area contributed by atoms with Crippen LogP contribution in [0.1, 0.15) is 97.8 Å². The van der Waals surface area contributed by atoms with Crippen LogP contribution in [0.3, 0.4) is 0 Å².